The number of anilines is 1. The predicted molar refractivity (Wildman–Crippen MR) is 117 cm³/mol. The minimum absolute atomic E-state index is 0.0867. The Bertz CT molecular complexity index is 968. The van der Waals surface area contributed by atoms with E-state index >= 15 is 0 Å². The van der Waals surface area contributed by atoms with Gasteiger partial charge >= 0.3 is 0 Å². The number of hydrogen-bond donors (Lipinski definition) is 1. The maximum atomic E-state index is 12.8. The number of likely N-dealkylation sites (N-methyl/N-ethyl adjacent to an activating group) is 1. The Morgan fingerprint density at radius 2 is 1.77 bits per heavy atom. The maximum absolute atomic E-state index is 12.8. The molecule has 0 radical (unpaired) electrons. The molecular weight excluding hydrogens is 376 g/mol. The molecule has 3 heterocycles. The molecule has 4 rings (SSSR count). The van der Waals surface area contributed by atoms with E-state index in [0.717, 1.165) is 56.2 Å². The molecule has 0 unspecified atom stereocenters. The van der Waals surface area contributed by atoms with E-state index in [-0.39, 0.29) is 5.91 Å². The Hall–Kier alpha value is -3.32. The fourth-order valence-electron chi connectivity index (χ4n) is 3.51. The summed E-state index contributed by atoms with van der Waals surface area (Å²) in [5.41, 5.74) is 3.59. The molecule has 1 N–H and O–H groups in total. The third kappa shape index (κ3) is 4.80. The van der Waals surface area contributed by atoms with Gasteiger partial charge in [-0.15, -0.1) is 0 Å². The molecule has 7 heteroatoms. The van der Waals surface area contributed by atoms with Gasteiger partial charge in [-0.25, -0.2) is 4.98 Å². The van der Waals surface area contributed by atoms with Crippen LogP contribution in [-0.2, 0) is 6.42 Å². The van der Waals surface area contributed by atoms with E-state index in [0.29, 0.717) is 5.56 Å². The molecule has 154 valence electrons. The van der Waals surface area contributed by atoms with E-state index in [1.807, 2.05) is 41.4 Å². The van der Waals surface area contributed by atoms with Gasteiger partial charge in [0.15, 0.2) is 5.82 Å². The summed E-state index contributed by atoms with van der Waals surface area (Å²) in [6.45, 7) is 4.10. The molecule has 0 atom stereocenters. The van der Waals surface area contributed by atoms with Crippen molar-refractivity contribution in [3.8, 4) is 11.3 Å². The molecular formula is C23H26N6O. The standard InChI is InChI=1S/C23H26N6O/c1-28-13-15-29(16-14-28)23(30)20-6-4-19(5-7-20)21-22(27-12-11-25-21)26-10-8-18-3-2-9-24-17-18/h2-7,9,11-12,17H,8,10,13-16H2,1H3,(H,26,27). The Balaban J connectivity index is 1.43. The third-order valence-electron chi connectivity index (χ3n) is 5.32. The van der Waals surface area contributed by atoms with E-state index in [9.17, 15) is 4.79 Å². The van der Waals surface area contributed by atoms with Crippen molar-refractivity contribution in [2.75, 3.05) is 45.1 Å². The fraction of sp³-hybridized carbons (Fsp3) is 0.304. The van der Waals surface area contributed by atoms with Gasteiger partial charge in [-0.3, -0.25) is 14.8 Å². The Morgan fingerprint density at radius 1 is 1.00 bits per heavy atom. The van der Waals surface area contributed by atoms with E-state index in [1.165, 1.54) is 5.56 Å². The lowest BCUT2D eigenvalue weighted by Crippen LogP contribution is -2.47. The Morgan fingerprint density at radius 3 is 2.50 bits per heavy atom. The molecule has 0 aliphatic carbocycles. The number of piperazine rings is 1. The van der Waals surface area contributed by atoms with Gasteiger partial charge in [-0.05, 0) is 37.2 Å². The highest BCUT2D eigenvalue weighted by Gasteiger charge is 2.20. The topological polar surface area (TPSA) is 74.2 Å². The van der Waals surface area contributed by atoms with Crippen molar-refractivity contribution in [3.63, 3.8) is 0 Å². The number of aromatic nitrogens is 3. The van der Waals surface area contributed by atoms with Crippen molar-refractivity contribution in [1.29, 1.82) is 0 Å². The van der Waals surface area contributed by atoms with Crippen LogP contribution in [-0.4, -0.2) is 70.4 Å². The summed E-state index contributed by atoms with van der Waals surface area (Å²) in [4.78, 5) is 30.0. The average molecular weight is 403 g/mol. The molecule has 1 aliphatic heterocycles. The molecule has 0 saturated carbocycles. The number of benzene rings is 1. The van der Waals surface area contributed by atoms with Gasteiger partial charge in [0.1, 0.15) is 5.69 Å². The summed E-state index contributed by atoms with van der Waals surface area (Å²) in [6, 6.07) is 11.6. The first-order valence-corrected chi connectivity index (χ1v) is 10.2. The number of rotatable bonds is 6. The van der Waals surface area contributed by atoms with Crippen molar-refractivity contribution in [1.82, 2.24) is 24.8 Å². The van der Waals surface area contributed by atoms with Crippen LogP contribution in [0.15, 0.2) is 61.2 Å². The van der Waals surface area contributed by atoms with Crippen molar-refractivity contribution in [2.24, 2.45) is 0 Å². The smallest absolute Gasteiger partial charge is 0.253 e. The van der Waals surface area contributed by atoms with Gasteiger partial charge in [0.05, 0.1) is 0 Å². The van der Waals surface area contributed by atoms with Gasteiger partial charge in [0.25, 0.3) is 5.91 Å². The molecule has 1 fully saturated rings. The van der Waals surface area contributed by atoms with Gasteiger partial charge in [-0.1, -0.05) is 18.2 Å². The summed E-state index contributed by atoms with van der Waals surface area (Å²) < 4.78 is 0. The van der Waals surface area contributed by atoms with Crippen molar-refractivity contribution >= 4 is 11.7 Å². The van der Waals surface area contributed by atoms with Gasteiger partial charge < -0.3 is 15.1 Å². The molecule has 1 saturated heterocycles. The van der Waals surface area contributed by atoms with E-state index < -0.39 is 0 Å². The Kier molecular flexibility index (Phi) is 6.29. The second kappa shape index (κ2) is 9.45. The predicted octanol–water partition coefficient (Wildman–Crippen LogP) is 2.58. The highest BCUT2D eigenvalue weighted by molar-refractivity contribution is 5.95. The maximum Gasteiger partial charge on any atom is 0.253 e. The van der Waals surface area contributed by atoms with Crippen LogP contribution in [0.5, 0.6) is 0 Å². The normalized spacial score (nSPS) is 14.5. The molecule has 3 aromatic rings. The summed E-state index contributed by atoms with van der Waals surface area (Å²) in [7, 11) is 2.08. The number of nitrogens with one attached hydrogen (secondary N) is 1. The van der Waals surface area contributed by atoms with Crippen LogP contribution in [0.4, 0.5) is 5.82 Å². The molecule has 30 heavy (non-hydrogen) atoms. The van der Waals surface area contributed by atoms with Crippen molar-refractivity contribution in [2.45, 2.75) is 6.42 Å². The Labute approximate surface area is 176 Å². The zero-order valence-electron chi connectivity index (χ0n) is 17.2. The number of carbonyl (C=O) groups is 1. The van der Waals surface area contributed by atoms with E-state index in [1.54, 1.807) is 18.6 Å². The van der Waals surface area contributed by atoms with Gasteiger partial charge in [0.2, 0.25) is 0 Å². The molecule has 1 aromatic carbocycles. The van der Waals surface area contributed by atoms with Crippen LogP contribution in [0.25, 0.3) is 11.3 Å². The van der Waals surface area contributed by atoms with Crippen LogP contribution in [0.3, 0.4) is 0 Å². The SMILES string of the molecule is CN1CCN(C(=O)c2ccc(-c3nccnc3NCCc3cccnc3)cc2)CC1. The van der Waals surface area contributed by atoms with Crippen molar-refractivity contribution < 1.29 is 4.79 Å². The lowest BCUT2D eigenvalue weighted by Gasteiger charge is -2.32. The van der Waals surface area contributed by atoms with Crippen LogP contribution in [0, 0.1) is 0 Å². The van der Waals surface area contributed by atoms with Crippen LogP contribution < -0.4 is 5.32 Å². The largest absolute Gasteiger partial charge is 0.368 e. The quantitative estimate of drug-likeness (QED) is 0.683. The zero-order chi connectivity index (χ0) is 20.8. The highest BCUT2D eigenvalue weighted by atomic mass is 16.2. The van der Waals surface area contributed by atoms with Crippen LogP contribution >= 0.6 is 0 Å². The van der Waals surface area contributed by atoms with Crippen LogP contribution in [0.1, 0.15) is 15.9 Å². The second-order valence-corrected chi connectivity index (χ2v) is 7.46. The molecule has 2 aromatic heterocycles. The first kappa shape index (κ1) is 20.0. The van der Waals surface area contributed by atoms with Crippen LogP contribution in [0.2, 0.25) is 0 Å². The highest BCUT2D eigenvalue weighted by Crippen LogP contribution is 2.24. The van der Waals surface area contributed by atoms with E-state index in [4.69, 9.17) is 0 Å². The molecule has 1 aliphatic rings. The minimum Gasteiger partial charge on any atom is -0.368 e. The average Bonchev–Trinajstić information content (AvgIpc) is 2.80. The number of amides is 1. The third-order valence-corrected chi connectivity index (χ3v) is 5.32. The lowest BCUT2D eigenvalue weighted by molar-refractivity contribution is 0.0664. The first-order chi connectivity index (χ1) is 14.7. The number of hydrogen-bond acceptors (Lipinski definition) is 6. The molecule has 1 amide bonds. The summed E-state index contributed by atoms with van der Waals surface area (Å²) >= 11 is 0. The van der Waals surface area contributed by atoms with Crippen molar-refractivity contribution in [3.05, 3.63) is 72.3 Å². The summed E-state index contributed by atoms with van der Waals surface area (Å²) in [6.07, 6.45) is 7.86. The van der Waals surface area contributed by atoms with E-state index in [2.05, 4.69) is 38.3 Å². The minimum atomic E-state index is 0.0867. The summed E-state index contributed by atoms with van der Waals surface area (Å²) in [5, 5.41) is 3.37. The second-order valence-electron chi connectivity index (χ2n) is 7.46. The fourth-order valence-corrected chi connectivity index (χ4v) is 3.51. The van der Waals surface area contributed by atoms with Gasteiger partial charge in [0, 0.05) is 68.6 Å². The monoisotopic (exact) mass is 402 g/mol. The molecule has 7 nitrogen and oxygen atoms in total. The molecule has 0 bridgehead atoms. The summed E-state index contributed by atoms with van der Waals surface area (Å²) in [5.74, 6) is 0.822. The van der Waals surface area contributed by atoms with Gasteiger partial charge in [-0.2, -0.15) is 0 Å². The lowest BCUT2D eigenvalue weighted by atomic mass is 10.1. The first-order valence-electron chi connectivity index (χ1n) is 10.2. The number of nitrogens with zero attached hydrogens (tertiary/aromatic N) is 5. The zero-order valence-corrected chi connectivity index (χ0v) is 17.2. The number of pyridine rings is 1. The number of carbonyl (C=O) groups excluding carboxylic acids is 1. The molecule has 0 spiro atoms.